The van der Waals surface area contributed by atoms with E-state index in [0.29, 0.717) is 23.4 Å². The Hall–Kier alpha value is -0.220. The van der Waals surface area contributed by atoms with E-state index in [0.717, 1.165) is 0 Å². The third kappa shape index (κ3) is 7.68. The summed E-state index contributed by atoms with van der Waals surface area (Å²) in [7, 11) is 5.84. The van der Waals surface area contributed by atoms with E-state index in [1.165, 1.54) is 0 Å². The average Bonchev–Trinajstić information content (AvgIpc) is 1.79. The second-order valence-corrected chi connectivity index (χ2v) is 3.84. The molecule has 3 nitrogen and oxygen atoms in total. The molecular formula is C7H16NO2S+. The monoisotopic (exact) mass is 178 g/mol. The van der Waals surface area contributed by atoms with Gasteiger partial charge < -0.3 is 9.22 Å². The Morgan fingerprint density at radius 2 is 2.00 bits per heavy atom. The number of carbonyl (C=O) groups is 1. The quantitative estimate of drug-likeness (QED) is 0.377. The molecule has 0 fully saturated rings. The minimum atomic E-state index is -0.161. The van der Waals surface area contributed by atoms with Gasteiger partial charge in [-0.2, -0.15) is 12.6 Å². The van der Waals surface area contributed by atoms with Gasteiger partial charge in [0.05, 0.1) is 21.1 Å². The van der Waals surface area contributed by atoms with Crippen molar-refractivity contribution in [2.24, 2.45) is 0 Å². The van der Waals surface area contributed by atoms with Crippen LogP contribution in [-0.2, 0) is 9.53 Å². The lowest BCUT2D eigenvalue weighted by Crippen LogP contribution is -2.40. The van der Waals surface area contributed by atoms with E-state index >= 15 is 0 Å². The number of rotatable bonds is 4. The maximum Gasteiger partial charge on any atom is 0.361 e. The van der Waals surface area contributed by atoms with E-state index in [1.807, 2.05) is 21.1 Å². The summed E-state index contributed by atoms with van der Waals surface area (Å²) in [6.45, 7) is 0.815. The molecule has 0 aliphatic heterocycles. The Labute approximate surface area is 73.3 Å². The number of hydrogen-bond acceptors (Lipinski definition) is 3. The number of hydrogen-bond donors (Lipinski definition) is 1. The van der Waals surface area contributed by atoms with Gasteiger partial charge in [0.2, 0.25) is 0 Å². The van der Waals surface area contributed by atoms with Gasteiger partial charge in [-0.05, 0) is 0 Å². The van der Waals surface area contributed by atoms with Gasteiger partial charge in [-0.15, -0.1) is 0 Å². The molecule has 0 aromatic rings. The molecule has 66 valence electrons. The zero-order chi connectivity index (χ0) is 8.91. The summed E-state index contributed by atoms with van der Waals surface area (Å²) in [5.74, 6) is 0.426. The van der Waals surface area contributed by atoms with Gasteiger partial charge in [0.25, 0.3) is 0 Å². The molecular weight excluding hydrogens is 162 g/mol. The highest BCUT2D eigenvalue weighted by Crippen LogP contribution is 1.91. The van der Waals surface area contributed by atoms with Crippen LogP contribution < -0.4 is 0 Å². The number of ether oxygens (including phenoxy) is 1. The molecule has 11 heavy (non-hydrogen) atoms. The van der Waals surface area contributed by atoms with E-state index in [1.54, 1.807) is 0 Å². The van der Waals surface area contributed by atoms with Crippen LogP contribution in [0.2, 0.25) is 0 Å². The summed E-state index contributed by atoms with van der Waals surface area (Å²) in [4.78, 5) is 10.9. The van der Waals surface area contributed by atoms with Crippen LogP contribution in [0.15, 0.2) is 0 Å². The van der Waals surface area contributed by atoms with Crippen LogP contribution in [0.3, 0.4) is 0 Å². The first-order valence-electron chi connectivity index (χ1n) is 3.52. The van der Waals surface area contributed by atoms with Crippen molar-refractivity contribution >= 4 is 18.6 Å². The molecule has 0 spiro atoms. The lowest BCUT2D eigenvalue weighted by atomic mass is 10.5. The zero-order valence-corrected chi connectivity index (χ0v) is 8.23. The predicted molar refractivity (Wildman–Crippen MR) is 47.7 cm³/mol. The lowest BCUT2D eigenvalue weighted by molar-refractivity contribution is -0.862. The van der Waals surface area contributed by atoms with Crippen molar-refractivity contribution in [1.29, 1.82) is 0 Å². The van der Waals surface area contributed by atoms with Gasteiger partial charge in [0.15, 0.2) is 6.54 Å². The molecule has 4 heteroatoms. The lowest BCUT2D eigenvalue weighted by Gasteiger charge is -2.22. The first-order chi connectivity index (χ1) is 4.95. The van der Waals surface area contributed by atoms with E-state index in [4.69, 9.17) is 4.74 Å². The second kappa shape index (κ2) is 4.62. The molecule has 0 amide bonds. The zero-order valence-electron chi connectivity index (χ0n) is 7.33. The summed E-state index contributed by atoms with van der Waals surface area (Å²) in [6.07, 6.45) is 0. The molecule has 0 unspecified atom stereocenters. The van der Waals surface area contributed by atoms with Crippen LogP contribution in [0.1, 0.15) is 0 Å². The first kappa shape index (κ1) is 10.8. The Morgan fingerprint density at radius 1 is 1.45 bits per heavy atom. The van der Waals surface area contributed by atoms with Gasteiger partial charge in [-0.1, -0.05) is 0 Å². The summed E-state index contributed by atoms with van der Waals surface area (Å²) in [5, 5.41) is 0. The molecule has 0 heterocycles. The first-order valence-corrected chi connectivity index (χ1v) is 4.16. The van der Waals surface area contributed by atoms with Crippen molar-refractivity contribution in [3.8, 4) is 0 Å². The van der Waals surface area contributed by atoms with Crippen molar-refractivity contribution in [3.05, 3.63) is 0 Å². The maximum atomic E-state index is 10.9. The Kier molecular flexibility index (Phi) is 4.52. The van der Waals surface area contributed by atoms with Crippen molar-refractivity contribution in [3.63, 3.8) is 0 Å². The molecule has 0 N–H and O–H groups in total. The number of likely N-dealkylation sites (N-methyl/N-ethyl adjacent to an activating group) is 1. The third-order valence-electron chi connectivity index (χ3n) is 0.958. The van der Waals surface area contributed by atoms with Crippen LogP contribution in [0.4, 0.5) is 0 Å². The number of quaternary nitrogens is 1. The topological polar surface area (TPSA) is 26.3 Å². The number of nitrogens with zero attached hydrogens (tertiary/aromatic N) is 1. The fourth-order valence-corrected chi connectivity index (χ4v) is 0.684. The van der Waals surface area contributed by atoms with Gasteiger partial charge in [0, 0.05) is 5.75 Å². The van der Waals surface area contributed by atoms with E-state index in [9.17, 15) is 4.79 Å². The number of esters is 1. The Bertz CT molecular complexity index is 131. The largest absolute Gasteiger partial charge is 0.461 e. The highest BCUT2D eigenvalue weighted by molar-refractivity contribution is 7.80. The summed E-state index contributed by atoms with van der Waals surface area (Å²) < 4.78 is 5.44. The van der Waals surface area contributed by atoms with E-state index in [-0.39, 0.29) is 5.97 Å². The van der Waals surface area contributed by atoms with Crippen molar-refractivity contribution < 1.29 is 14.0 Å². The molecule has 0 bridgehead atoms. The highest BCUT2D eigenvalue weighted by atomic mass is 32.1. The maximum absolute atomic E-state index is 10.9. The third-order valence-corrected chi connectivity index (χ3v) is 1.14. The van der Waals surface area contributed by atoms with Crippen LogP contribution >= 0.6 is 12.6 Å². The fourth-order valence-electron chi connectivity index (χ4n) is 0.592. The molecule has 0 radical (unpaired) electrons. The van der Waals surface area contributed by atoms with E-state index < -0.39 is 0 Å². The molecule has 0 aromatic carbocycles. The van der Waals surface area contributed by atoms with Crippen LogP contribution in [-0.4, -0.2) is 50.5 Å². The Morgan fingerprint density at radius 3 is 2.36 bits per heavy atom. The van der Waals surface area contributed by atoms with Crippen LogP contribution in [0.25, 0.3) is 0 Å². The minimum Gasteiger partial charge on any atom is -0.461 e. The molecule has 0 atom stereocenters. The number of carbonyl (C=O) groups excluding carboxylic acids is 1. The standard InChI is InChI=1S/C7H15NO2S/c1-8(2,3)6-7(9)10-4-5-11/h4-6H2,1-3H3/p+1. The molecule has 0 saturated heterocycles. The highest BCUT2D eigenvalue weighted by Gasteiger charge is 2.14. The van der Waals surface area contributed by atoms with Crippen molar-refractivity contribution in [1.82, 2.24) is 0 Å². The van der Waals surface area contributed by atoms with Crippen molar-refractivity contribution in [2.75, 3.05) is 40.0 Å². The molecule has 0 rings (SSSR count). The summed E-state index contributed by atoms with van der Waals surface area (Å²) in [5.41, 5.74) is 0. The number of thiol groups is 1. The predicted octanol–water partition coefficient (Wildman–Crippen LogP) is 0.166. The van der Waals surface area contributed by atoms with Crippen molar-refractivity contribution in [2.45, 2.75) is 0 Å². The summed E-state index contributed by atoms with van der Waals surface area (Å²) >= 11 is 3.92. The normalized spacial score (nSPS) is 11.3. The van der Waals surface area contributed by atoms with Crippen LogP contribution in [0.5, 0.6) is 0 Å². The fraction of sp³-hybridized carbons (Fsp3) is 0.857. The molecule has 0 aliphatic carbocycles. The minimum absolute atomic E-state index is 0.161. The second-order valence-electron chi connectivity index (χ2n) is 3.39. The van der Waals surface area contributed by atoms with Gasteiger partial charge >= 0.3 is 5.97 Å². The van der Waals surface area contributed by atoms with Gasteiger partial charge in [-0.25, -0.2) is 4.79 Å². The van der Waals surface area contributed by atoms with Gasteiger partial charge in [-0.3, -0.25) is 0 Å². The smallest absolute Gasteiger partial charge is 0.361 e. The summed E-state index contributed by atoms with van der Waals surface area (Å²) in [6, 6.07) is 0. The van der Waals surface area contributed by atoms with E-state index in [2.05, 4.69) is 12.6 Å². The van der Waals surface area contributed by atoms with Gasteiger partial charge in [0.1, 0.15) is 6.61 Å². The Balaban J connectivity index is 3.53. The molecule has 0 aliphatic rings. The molecule has 0 aromatic heterocycles. The SMILES string of the molecule is C[N+](C)(C)CC(=O)OCCS. The van der Waals surface area contributed by atoms with Crippen LogP contribution in [0, 0.1) is 0 Å². The molecule has 0 saturated carbocycles. The average molecular weight is 178 g/mol.